The van der Waals surface area contributed by atoms with Gasteiger partial charge in [0, 0.05) is 18.8 Å². The third-order valence-corrected chi connectivity index (χ3v) is 4.31. The Balaban J connectivity index is 1.85. The van der Waals surface area contributed by atoms with Crippen molar-refractivity contribution in [1.29, 1.82) is 0 Å². The van der Waals surface area contributed by atoms with Crippen molar-refractivity contribution in [2.24, 2.45) is 5.92 Å². The number of imidazole rings is 1. The van der Waals surface area contributed by atoms with Crippen LogP contribution in [0, 0.1) is 11.7 Å². The van der Waals surface area contributed by atoms with Gasteiger partial charge in [0.25, 0.3) is 11.8 Å². The highest BCUT2D eigenvalue weighted by molar-refractivity contribution is 6.03. The second-order valence-electron chi connectivity index (χ2n) is 6.90. The van der Waals surface area contributed by atoms with E-state index in [2.05, 4.69) is 15.6 Å². The molecule has 0 spiro atoms. The van der Waals surface area contributed by atoms with Crippen LogP contribution in [0.4, 0.5) is 10.1 Å². The average molecular weight is 358 g/mol. The van der Waals surface area contributed by atoms with Crippen molar-refractivity contribution in [3.63, 3.8) is 0 Å². The molecule has 26 heavy (non-hydrogen) atoms. The van der Waals surface area contributed by atoms with E-state index in [9.17, 15) is 14.0 Å². The van der Waals surface area contributed by atoms with E-state index in [1.54, 1.807) is 0 Å². The zero-order chi connectivity index (χ0) is 18.7. The summed E-state index contributed by atoms with van der Waals surface area (Å²) in [6.45, 7) is 5.25. The van der Waals surface area contributed by atoms with Gasteiger partial charge in [-0.25, -0.2) is 9.37 Å². The normalized spacial score (nSPS) is 13.4. The van der Waals surface area contributed by atoms with Gasteiger partial charge in [0.2, 0.25) is 0 Å². The van der Waals surface area contributed by atoms with Gasteiger partial charge in [0.05, 0.1) is 5.69 Å². The molecule has 0 unspecified atom stereocenters. The minimum atomic E-state index is -0.400. The number of aromatic nitrogens is 2. The summed E-state index contributed by atoms with van der Waals surface area (Å²) in [6.07, 6.45) is 2.63. The monoisotopic (exact) mass is 358 g/mol. The van der Waals surface area contributed by atoms with Gasteiger partial charge in [-0.2, -0.15) is 0 Å². The molecule has 0 aliphatic carbocycles. The molecule has 138 valence electrons. The molecule has 1 aromatic carbocycles. The number of benzene rings is 1. The van der Waals surface area contributed by atoms with Gasteiger partial charge in [-0.1, -0.05) is 13.8 Å². The maximum Gasteiger partial charge on any atom is 0.291 e. The number of rotatable bonds is 5. The number of hydrogen-bond donors (Lipinski definition) is 2. The van der Waals surface area contributed by atoms with E-state index >= 15 is 0 Å². The maximum absolute atomic E-state index is 13.0. The van der Waals surface area contributed by atoms with Gasteiger partial charge in [0.1, 0.15) is 11.5 Å². The van der Waals surface area contributed by atoms with Crippen LogP contribution in [0.1, 0.15) is 53.5 Å². The molecule has 1 aliphatic rings. The van der Waals surface area contributed by atoms with Crippen LogP contribution in [-0.4, -0.2) is 27.9 Å². The van der Waals surface area contributed by atoms with Gasteiger partial charge < -0.3 is 15.2 Å². The zero-order valence-electron chi connectivity index (χ0n) is 15.0. The number of carbonyl (C=O) groups excluding carboxylic acids is 2. The molecule has 2 heterocycles. The van der Waals surface area contributed by atoms with Gasteiger partial charge in [0.15, 0.2) is 5.82 Å². The first kappa shape index (κ1) is 18.1. The second kappa shape index (κ2) is 7.68. The number of amides is 2. The number of hydrogen-bond acceptors (Lipinski definition) is 3. The summed E-state index contributed by atoms with van der Waals surface area (Å²) in [5, 5.41) is 5.59. The minimum absolute atomic E-state index is 0.221. The van der Waals surface area contributed by atoms with E-state index in [-0.39, 0.29) is 17.5 Å². The Morgan fingerprint density at radius 1 is 1.19 bits per heavy atom. The van der Waals surface area contributed by atoms with Gasteiger partial charge in [-0.3, -0.25) is 9.59 Å². The van der Waals surface area contributed by atoms with Crippen molar-refractivity contribution >= 4 is 17.5 Å². The molecule has 0 saturated carbocycles. The predicted octanol–water partition coefficient (Wildman–Crippen LogP) is 3.00. The van der Waals surface area contributed by atoms with Crippen molar-refractivity contribution in [1.82, 2.24) is 14.9 Å². The molecule has 6 nitrogen and oxygen atoms in total. The summed E-state index contributed by atoms with van der Waals surface area (Å²) >= 11 is 0. The zero-order valence-corrected chi connectivity index (χ0v) is 15.0. The number of fused-ring (bicyclic) bond motifs is 1. The summed E-state index contributed by atoms with van der Waals surface area (Å²) in [7, 11) is 0. The van der Waals surface area contributed by atoms with E-state index in [1.165, 1.54) is 24.3 Å². The summed E-state index contributed by atoms with van der Waals surface area (Å²) < 4.78 is 14.8. The van der Waals surface area contributed by atoms with Crippen molar-refractivity contribution in [3.05, 3.63) is 47.3 Å². The van der Waals surface area contributed by atoms with Crippen LogP contribution in [0.5, 0.6) is 0 Å². The molecule has 0 radical (unpaired) electrons. The highest BCUT2D eigenvalue weighted by atomic mass is 19.1. The van der Waals surface area contributed by atoms with Crippen molar-refractivity contribution < 1.29 is 14.0 Å². The predicted molar refractivity (Wildman–Crippen MR) is 96.7 cm³/mol. The Kier molecular flexibility index (Phi) is 5.35. The Labute approximate surface area is 151 Å². The fraction of sp³-hybridized carbons (Fsp3) is 0.421. The molecule has 0 saturated heterocycles. The molecular formula is C19H23FN4O2. The van der Waals surface area contributed by atoms with Crippen LogP contribution in [0.3, 0.4) is 0 Å². The van der Waals surface area contributed by atoms with Gasteiger partial charge in [-0.05, 0) is 49.4 Å². The Morgan fingerprint density at radius 3 is 2.62 bits per heavy atom. The first-order chi connectivity index (χ1) is 12.5. The lowest BCUT2D eigenvalue weighted by molar-refractivity contribution is 0.0943. The molecule has 1 aromatic heterocycles. The summed E-state index contributed by atoms with van der Waals surface area (Å²) in [4.78, 5) is 29.5. The van der Waals surface area contributed by atoms with Crippen molar-refractivity contribution in [2.45, 2.75) is 39.7 Å². The lowest BCUT2D eigenvalue weighted by Crippen LogP contribution is -2.29. The largest absolute Gasteiger partial charge is 0.350 e. The first-order valence-electron chi connectivity index (χ1n) is 8.90. The third-order valence-electron chi connectivity index (χ3n) is 4.31. The van der Waals surface area contributed by atoms with E-state index in [1.807, 2.05) is 18.4 Å². The van der Waals surface area contributed by atoms with E-state index < -0.39 is 5.91 Å². The summed E-state index contributed by atoms with van der Waals surface area (Å²) in [5.41, 5.74) is 1.62. The number of nitrogens with zero attached hydrogens (tertiary/aromatic N) is 2. The molecule has 2 aromatic rings. The number of carbonyl (C=O) groups is 2. The van der Waals surface area contributed by atoms with Crippen LogP contribution in [0.15, 0.2) is 24.3 Å². The van der Waals surface area contributed by atoms with Crippen LogP contribution in [-0.2, 0) is 13.0 Å². The fourth-order valence-electron chi connectivity index (χ4n) is 3.00. The highest BCUT2D eigenvalue weighted by Gasteiger charge is 2.27. The van der Waals surface area contributed by atoms with E-state index in [0.717, 1.165) is 25.0 Å². The SMILES string of the molecule is CC(C)CNC(=O)c1nc(C(=O)Nc2ccc(F)cc2)n2c1CCCC2. The second-order valence-corrected chi connectivity index (χ2v) is 6.90. The van der Waals surface area contributed by atoms with Gasteiger partial charge in [-0.15, -0.1) is 0 Å². The standard InChI is InChI=1S/C19H23FN4O2/c1-12(2)11-21-18(25)16-15-5-3-4-10-24(15)17(23-16)19(26)22-14-8-6-13(20)7-9-14/h6-9,12H,3-5,10-11H2,1-2H3,(H,21,25)(H,22,26). The number of anilines is 1. The Morgan fingerprint density at radius 2 is 1.92 bits per heavy atom. The minimum Gasteiger partial charge on any atom is -0.350 e. The number of halogens is 1. The van der Waals surface area contributed by atoms with Crippen LogP contribution in [0.25, 0.3) is 0 Å². The van der Waals surface area contributed by atoms with Crippen LogP contribution in [0.2, 0.25) is 0 Å². The van der Waals surface area contributed by atoms with Crippen LogP contribution < -0.4 is 10.6 Å². The topological polar surface area (TPSA) is 76.0 Å². The third kappa shape index (κ3) is 3.92. The summed E-state index contributed by atoms with van der Waals surface area (Å²) in [6, 6.07) is 5.54. The fourth-order valence-corrected chi connectivity index (χ4v) is 3.00. The van der Waals surface area contributed by atoms with E-state index in [0.29, 0.717) is 30.4 Å². The molecular weight excluding hydrogens is 335 g/mol. The molecule has 2 amide bonds. The highest BCUT2D eigenvalue weighted by Crippen LogP contribution is 2.22. The molecule has 0 bridgehead atoms. The average Bonchev–Trinajstić information content (AvgIpc) is 3.01. The Hall–Kier alpha value is -2.70. The molecule has 1 aliphatic heterocycles. The van der Waals surface area contributed by atoms with Gasteiger partial charge >= 0.3 is 0 Å². The lowest BCUT2D eigenvalue weighted by atomic mass is 10.1. The van der Waals surface area contributed by atoms with Crippen LogP contribution >= 0.6 is 0 Å². The van der Waals surface area contributed by atoms with Crippen molar-refractivity contribution in [2.75, 3.05) is 11.9 Å². The molecule has 7 heteroatoms. The maximum atomic E-state index is 13.0. The lowest BCUT2D eigenvalue weighted by Gasteiger charge is -2.17. The molecule has 3 rings (SSSR count). The smallest absolute Gasteiger partial charge is 0.291 e. The summed E-state index contributed by atoms with van der Waals surface area (Å²) in [5.74, 6) is -0.462. The molecule has 2 N–H and O–H groups in total. The molecule has 0 fully saturated rings. The van der Waals surface area contributed by atoms with Crippen molar-refractivity contribution in [3.8, 4) is 0 Å². The quantitative estimate of drug-likeness (QED) is 0.863. The van der Waals surface area contributed by atoms with E-state index in [4.69, 9.17) is 0 Å². The molecule has 0 atom stereocenters. The number of nitrogens with one attached hydrogen (secondary N) is 2. The first-order valence-corrected chi connectivity index (χ1v) is 8.90. The Bertz CT molecular complexity index is 812.